The van der Waals surface area contributed by atoms with E-state index in [1.54, 1.807) is 6.07 Å². The van der Waals surface area contributed by atoms with E-state index in [1.807, 2.05) is 24.3 Å². The zero-order chi connectivity index (χ0) is 18.0. The Hall–Kier alpha value is -3.54. The lowest BCUT2D eigenvalue weighted by Crippen LogP contribution is -2.15. The van der Waals surface area contributed by atoms with Crippen LogP contribution in [0, 0.1) is 0 Å². The third kappa shape index (κ3) is 3.23. The molecule has 0 unspecified atom stereocenters. The van der Waals surface area contributed by atoms with Gasteiger partial charge < -0.3 is 20.9 Å². The molecule has 0 bridgehead atoms. The topological polar surface area (TPSA) is 102 Å². The van der Waals surface area contributed by atoms with Crippen LogP contribution in [0.15, 0.2) is 54.6 Å². The van der Waals surface area contributed by atoms with Crippen molar-refractivity contribution >= 4 is 28.3 Å². The van der Waals surface area contributed by atoms with Gasteiger partial charge in [-0.05, 0) is 41.1 Å². The lowest BCUT2D eigenvalue weighted by Gasteiger charge is -2.12. The molecule has 3 aromatic carbocycles. The zero-order valence-electron chi connectivity index (χ0n) is 13.4. The first kappa shape index (κ1) is 16.3. The van der Waals surface area contributed by atoms with Crippen LogP contribution in [0.25, 0.3) is 10.8 Å². The van der Waals surface area contributed by atoms with E-state index in [4.69, 9.17) is 10.5 Å². The van der Waals surface area contributed by atoms with Crippen LogP contribution >= 0.6 is 0 Å². The van der Waals surface area contributed by atoms with Gasteiger partial charge in [0.2, 0.25) is 5.91 Å². The van der Waals surface area contributed by atoms with E-state index in [2.05, 4.69) is 5.32 Å². The quantitative estimate of drug-likeness (QED) is 0.682. The Labute approximate surface area is 143 Å². The van der Waals surface area contributed by atoms with Gasteiger partial charge in [-0.3, -0.25) is 9.59 Å². The molecule has 0 aromatic heterocycles. The summed E-state index contributed by atoms with van der Waals surface area (Å²) < 4.78 is 5.19. The number of nitrogens with one attached hydrogen (secondary N) is 1. The van der Waals surface area contributed by atoms with Gasteiger partial charge >= 0.3 is 0 Å². The van der Waals surface area contributed by atoms with Gasteiger partial charge in [-0.1, -0.05) is 24.3 Å². The van der Waals surface area contributed by atoms with Crippen molar-refractivity contribution in [2.24, 2.45) is 5.73 Å². The molecule has 0 atom stereocenters. The fourth-order valence-corrected chi connectivity index (χ4v) is 2.56. The van der Waals surface area contributed by atoms with Crippen LogP contribution in [0.1, 0.15) is 20.7 Å². The van der Waals surface area contributed by atoms with Gasteiger partial charge in [-0.15, -0.1) is 0 Å². The minimum Gasteiger partial charge on any atom is -0.507 e. The lowest BCUT2D eigenvalue weighted by molar-refractivity contribution is 0.0995. The molecule has 6 nitrogen and oxygen atoms in total. The molecule has 3 rings (SSSR count). The van der Waals surface area contributed by atoms with Crippen LogP contribution in [0.3, 0.4) is 0 Å². The van der Waals surface area contributed by atoms with E-state index >= 15 is 0 Å². The molecule has 0 spiro atoms. The number of benzene rings is 3. The number of hydrogen-bond donors (Lipinski definition) is 3. The molecule has 25 heavy (non-hydrogen) atoms. The molecule has 0 aliphatic rings. The maximum Gasteiger partial charge on any atom is 0.259 e. The molecular formula is C19H16N2O4. The van der Waals surface area contributed by atoms with E-state index in [-0.39, 0.29) is 22.6 Å². The number of amides is 2. The number of carbonyl (C=O) groups is 2. The number of methoxy groups -OCH3 is 1. The summed E-state index contributed by atoms with van der Waals surface area (Å²) in [5.41, 5.74) is 5.91. The van der Waals surface area contributed by atoms with Crippen molar-refractivity contribution in [3.8, 4) is 11.5 Å². The molecule has 126 valence electrons. The zero-order valence-corrected chi connectivity index (χ0v) is 13.4. The fraction of sp³-hybridized carbons (Fsp3) is 0.0526. The number of aromatic hydroxyl groups is 1. The molecular weight excluding hydrogens is 320 g/mol. The highest BCUT2D eigenvalue weighted by Gasteiger charge is 2.16. The van der Waals surface area contributed by atoms with E-state index in [9.17, 15) is 14.7 Å². The Morgan fingerprint density at radius 1 is 1.04 bits per heavy atom. The summed E-state index contributed by atoms with van der Waals surface area (Å²) >= 11 is 0. The van der Waals surface area contributed by atoms with Crippen molar-refractivity contribution in [1.29, 1.82) is 0 Å². The number of fused-ring (bicyclic) bond motifs is 1. The number of phenols is 1. The summed E-state index contributed by atoms with van der Waals surface area (Å²) in [6, 6.07) is 15.0. The van der Waals surface area contributed by atoms with Crippen molar-refractivity contribution in [3.05, 3.63) is 65.7 Å². The predicted molar refractivity (Wildman–Crippen MR) is 95.1 cm³/mol. The van der Waals surface area contributed by atoms with Gasteiger partial charge in [0.25, 0.3) is 5.91 Å². The van der Waals surface area contributed by atoms with Crippen LogP contribution < -0.4 is 15.8 Å². The van der Waals surface area contributed by atoms with E-state index in [0.29, 0.717) is 5.75 Å². The largest absolute Gasteiger partial charge is 0.507 e. The van der Waals surface area contributed by atoms with Crippen LogP contribution in [0.2, 0.25) is 0 Å². The van der Waals surface area contributed by atoms with Crippen molar-refractivity contribution in [2.75, 3.05) is 12.4 Å². The molecule has 0 aliphatic heterocycles. The summed E-state index contributed by atoms with van der Waals surface area (Å²) in [5.74, 6) is -0.908. The van der Waals surface area contributed by atoms with Gasteiger partial charge in [0.15, 0.2) is 0 Å². The average Bonchev–Trinajstić information content (AvgIpc) is 2.60. The lowest BCUT2D eigenvalue weighted by atomic mass is 10.1. The monoisotopic (exact) mass is 336 g/mol. The molecule has 0 saturated heterocycles. The Bertz CT molecular complexity index is 982. The van der Waals surface area contributed by atoms with Gasteiger partial charge in [0.1, 0.15) is 11.5 Å². The molecule has 0 saturated carbocycles. The first-order chi connectivity index (χ1) is 12.0. The highest BCUT2D eigenvalue weighted by atomic mass is 16.5. The second kappa shape index (κ2) is 6.52. The summed E-state index contributed by atoms with van der Waals surface area (Å²) in [6.45, 7) is 0. The van der Waals surface area contributed by atoms with Crippen LogP contribution in [-0.4, -0.2) is 24.0 Å². The third-order valence-electron chi connectivity index (χ3n) is 3.84. The number of ether oxygens (including phenoxy) is 1. The molecule has 4 N–H and O–H groups in total. The van der Waals surface area contributed by atoms with E-state index in [1.165, 1.54) is 31.4 Å². The van der Waals surface area contributed by atoms with E-state index < -0.39 is 11.8 Å². The molecule has 0 heterocycles. The molecule has 0 aliphatic carbocycles. The first-order valence-corrected chi connectivity index (χ1v) is 7.50. The number of rotatable bonds is 4. The highest BCUT2D eigenvalue weighted by molar-refractivity contribution is 6.09. The van der Waals surface area contributed by atoms with Crippen LogP contribution in [-0.2, 0) is 0 Å². The maximum atomic E-state index is 12.6. The number of phenolic OH excluding ortho intramolecular Hbond substituents is 1. The smallest absolute Gasteiger partial charge is 0.259 e. The summed E-state index contributed by atoms with van der Waals surface area (Å²) in [5, 5.41) is 14.5. The van der Waals surface area contributed by atoms with Gasteiger partial charge in [0.05, 0.1) is 18.4 Å². The second-order valence-electron chi connectivity index (χ2n) is 5.45. The number of nitrogens with two attached hydrogens (primary N) is 1. The van der Waals surface area contributed by atoms with Gasteiger partial charge in [-0.25, -0.2) is 0 Å². The first-order valence-electron chi connectivity index (χ1n) is 7.50. The minimum atomic E-state index is -0.619. The maximum absolute atomic E-state index is 12.6. The number of carbonyl (C=O) groups excluding carboxylic acids is 2. The Morgan fingerprint density at radius 2 is 1.72 bits per heavy atom. The SMILES string of the molecule is COc1ccc(C(N)=O)cc1NC(=O)c1cc2ccccc2cc1O. The van der Waals surface area contributed by atoms with Crippen molar-refractivity contribution in [1.82, 2.24) is 0 Å². The third-order valence-corrected chi connectivity index (χ3v) is 3.84. The number of anilines is 1. The Morgan fingerprint density at radius 3 is 2.36 bits per heavy atom. The van der Waals surface area contributed by atoms with Crippen LogP contribution in [0.5, 0.6) is 11.5 Å². The Balaban J connectivity index is 1.98. The standard InChI is InChI=1S/C19H16N2O4/c1-25-17-7-6-13(18(20)23)9-15(17)21-19(24)14-8-11-4-2-3-5-12(11)10-16(14)22/h2-10,22H,1H3,(H2,20,23)(H,21,24). The molecule has 6 heteroatoms. The van der Waals surface area contributed by atoms with Crippen molar-refractivity contribution in [3.63, 3.8) is 0 Å². The number of hydrogen-bond acceptors (Lipinski definition) is 4. The summed E-state index contributed by atoms with van der Waals surface area (Å²) in [7, 11) is 1.45. The molecule has 0 fully saturated rings. The van der Waals surface area contributed by atoms with Gasteiger partial charge in [-0.2, -0.15) is 0 Å². The molecule has 3 aromatic rings. The predicted octanol–water partition coefficient (Wildman–Crippen LogP) is 2.91. The normalized spacial score (nSPS) is 10.4. The molecule has 2 amide bonds. The summed E-state index contributed by atoms with van der Waals surface area (Å²) in [4.78, 5) is 23.9. The Kier molecular flexibility index (Phi) is 4.26. The van der Waals surface area contributed by atoms with Crippen molar-refractivity contribution in [2.45, 2.75) is 0 Å². The fourth-order valence-electron chi connectivity index (χ4n) is 2.56. The molecule has 0 radical (unpaired) electrons. The second-order valence-corrected chi connectivity index (χ2v) is 5.45. The van der Waals surface area contributed by atoms with Gasteiger partial charge in [0, 0.05) is 5.56 Å². The van der Waals surface area contributed by atoms with Crippen molar-refractivity contribution < 1.29 is 19.4 Å². The number of primary amides is 1. The highest BCUT2D eigenvalue weighted by Crippen LogP contribution is 2.29. The van der Waals surface area contributed by atoms with E-state index in [0.717, 1.165) is 10.8 Å². The minimum absolute atomic E-state index is 0.116. The van der Waals surface area contributed by atoms with Crippen LogP contribution in [0.4, 0.5) is 5.69 Å². The summed E-state index contributed by atoms with van der Waals surface area (Å²) in [6.07, 6.45) is 0. The average molecular weight is 336 g/mol.